The molecule has 0 aliphatic carbocycles. The quantitative estimate of drug-likeness (QED) is 0.860. The molecule has 2 fully saturated rings. The van der Waals surface area contributed by atoms with Crippen LogP contribution in [0.5, 0.6) is 0 Å². The number of carbonyl (C=O) groups is 3. The van der Waals surface area contributed by atoms with Crippen LogP contribution < -0.4 is 10.6 Å². The van der Waals surface area contributed by atoms with Gasteiger partial charge in [-0.05, 0) is 43.7 Å². The van der Waals surface area contributed by atoms with Crippen LogP contribution in [-0.4, -0.2) is 47.8 Å². The minimum absolute atomic E-state index is 0.0223. The molecule has 2 heterocycles. The molecule has 2 saturated heterocycles. The predicted molar refractivity (Wildman–Crippen MR) is 98.7 cm³/mol. The molecule has 0 radical (unpaired) electrons. The number of likely N-dealkylation sites (tertiary alicyclic amines) is 1. The van der Waals surface area contributed by atoms with Crippen LogP contribution in [0.25, 0.3) is 0 Å². The van der Waals surface area contributed by atoms with Gasteiger partial charge in [-0.25, -0.2) is 0 Å². The van der Waals surface area contributed by atoms with E-state index in [1.165, 1.54) is 0 Å². The molecule has 6 nitrogen and oxygen atoms in total. The minimum Gasteiger partial charge on any atom is -0.348 e. The van der Waals surface area contributed by atoms with Crippen molar-refractivity contribution in [1.29, 1.82) is 0 Å². The average Bonchev–Trinajstić information content (AvgIpc) is 2.67. The van der Waals surface area contributed by atoms with Gasteiger partial charge in [0.05, 0.1) is 0 Å². The number of carbonyl (C=O) groups excluding carboxylic acids is 3. The van der Waals surface area contributed by atoms with Gasteiger partial charge < -0.3 is 15.5 Å². The first-order chi connectivity index (χ1) is 12.6. The van der Waals surface area contributed by atoms with Crippen LogP contribution in [0, 0.1) is 0 Å². The van der Waals surface area contributed by atoms with E-state index in [4.69, 9.17) is 0 Å². The summed E-state index contributed by atoms with van der Waals surface area (Å²) in [6.45, 7) is 3.22. The van der Waals surface area contributed by atoms with Crippen molar-refractivity contribution in [3.8, 4) is 0 Å². The number of amides is 3. The van der Waals surface area contributed by atoms with Gasteiger partial charge in [0.15, 0.2) is 0 Å². The Morgan fingerprint density at radius 1 is 1.23 bits per heavy atom. The highest BCUT2D eigenvalue weighted by Crippen LogP contribution is 2.17. The summed E-state index contributed by atoms with van der Waals surface area (Å²) in [6.07, 6.45) is 4.47. The molecule has 0 saturated carbocycles. The van der Waals surface area contributed by atoms with Crippen LogP contribution in [0.4, 0.5) is 0 Å². The maximum atomic E-state index is 12.7. The Balaban J connectivity index is 1.60. The van der Waals surface area contributed by atoms with Gasteiger partial charge in [0.25, 0.3) is 5.91 Å². The third-order valence-corrected chi connectivity index (χ3v) is 5.24. The second-order valence-corrected chi connectivity index (χ2v) is 7.12. The molecule has 1 aromatic rings. The summed E-state index contributed by atoms with van der Waals surface area (Å²) < 4.78 is 0. The van der Waals surface area contributed by atoms with E-state index < -0.39 is 6.04 Å². The fourth-order valence-electron chi connectivity index (χ4n) is 3.82. The van der Waals surface area contributed by atoms with Crippen LogP contribution in [0.3, 0.4) is 0 Å². The third kappa shape index (κ3) is 4.23. The van der Waals surface area contributed by atoms with E-state index in [1.54, 1.807) is 4.90 Å². The predicted octanol–water partition coefficient (Wildman–Crippen LogP) is 1.64. The van der Waals surface area contributed by atoms with E-state index in [9.17, 15) is 14.4 Å². The standard InChI is InChI=1S/C20H27N3O3/c1-2-14-7-3-4-9-16(14)19(25)21-15-8-6-12-23(13-15)20(26)17-10-5-11-18(24)22-17/h3-4,7,9,15,17H,2,5-6,8,10-13H2,1H3,(H,21,25)(H,22,24)/t15-,17-/m1/s1. The number of hydrogen-bond acceptors (Lipinski definition) is 3. The Morgan fingerprint density at radius 2 is 2.04 bits per heavy atom. The minimum atomic E-state index is -0.411. The molecule has 6 heteroatoms. The lowest BCUT2D eigenvalue weighted by atomic mass is 9.99. The molecule has 2 aliphatic heterocycles. The lowest BCUT2D eigenvalue weighted by Crippen LogP contribution is -2.56. The fraction of sp³-hybridized carbons (Fsp3) is 0.550. The molecule has 3 amide bonds. The van der Waals surface area contributed by atoms with Gasteiger partial charge in [0.1, 0.15) is 6.04 Å². The molecule has 0 spiro atoms. The highest BCUT2D eigenvalue weighted by molar-refractivity contribution is 5.96. The Labute approximate surface area is 154 Å². The van der Waals surface area contributed by atoms with E-state index in [0.29, 0.717) is 31.5 Å². The zero-order chi connectivity index (χ0) is 18.5. The summed E-state index contributed by atoms with van der Waals surface area (Å²) >= 11 is 0. The van der Waals surface area contributed by atoms with Crippen molar-refractivity contribution in [3.63, 3.8) is 0 Å². The second-order valence-electron chi connectivity index (χ2n) is 7.12. The maximum Gasteiger partial charge on any atom is 0.251 e. The zero-order valence-electron chi connectivity index (χ0n) is 15.3. The van der Waals surface area contributed by atoms with Crippen LogP contribution in [0.1, 0.15) is 54.9 Å². The van der Waals surface area contributed by atoms with Crippen molar-refractivity contribution >= 4 is 17.7 Å². The topological polar surface area (TPSA) is 78.5 Å². The number of nitrogens with zero attached hydrogens (tertiary/aromatic N) is 1. The van der Waals surface area contributed by atoms with Crippen LogP contribution in [0.15, 0.2) is 24.3 Å². The van der Waals surface area contributed by atoms with Gasteiger partial charge in [-0.15, -0.1) is 0 Å². The van der Waals surface area contributed by atoms with Gasteiger partial charge in [0, 0.05) is 31.1 Å². The smallest absolute Gasteiger partial charge is 0.251 e. The fourth-order valence-corrected chi connectivity index (χ4v) is 3.82. The third-order valence-electron chi connectivity index (χ3n) is 5.24. The largest absolute Gasteiger partial charge is 0.348 e. The molecular formula is C20H27N3O3. The van der Waals surface area contributed by atoms with Crippen molar-refractivity contribution < 1.29 is 14.4 Å². The van der Waals surface area contributed by atoms with Crippen LogP contribution in [0.2, 0.25) is 0 Å². The molecule has 0 unspecified atom stereocenters. The first-order valence-corrected chi connectivity index (χ1v) is 9.55. The summed E-state index contributed by atoms with van der Waals surface area (Å²) in [5.74, 6) is -0.147. The Hall–Kier alpha value is -2.37. The molecule has 0 aromatic heterocycles. The highest BCUT2D eigenvalue weighted by Gasteiger charge is 2.32. The Morgan fingerprint density at radius 3 is 2.81 bits per heavy atom. The van der Waals surface area contributed by atoms with Gasteiger partial charge in [0.2, 0.25) is 11.8 Å². The van der Waals surface area contributed by atoms with Crippen molar-refractivity contribution in [2.75, 3.05) is 13.1 Å². The first-order valence-electron chi connectivity index (χ1n) is 9.55. The van der Waals surface area contributed by atoms with Crippen molar-refractivity contribution in [2.45, 2.75) is 57.5 Å². The van der Waals surface area contributed by atoms with Crippen LogP contribution in [-0.2, 0) is 16.0 Å². The molecule has 2 N–H and O–H groups in total. The molecule has 140 valence electrons. The van der Waals surface area contributed by atoms with Gasteiger partial charge in [-0.2, -0.15) is 0 Å². The van der Waals surface area contributed by atoms with E-state index in [2.05, 4.69) is 10.6 Å². The highest BCUT2D eigenvalue weighted by atomic mass is 16.2. The summed E-state index contributed by atoms with van der Waals surface area (Å²) in [5, 5.41) is 5.88. The number of benzene rings is 1. The summed E-state index contributed by atoms with van der Waals surface area (Å²) in [5.41, 5.74) is 1.73. The van der Waals surface area contributed by atoms with Gasteiger partial charge in [-0.1, -0.05) is 25.1 Å². The van der Waals surface area contributed by atoms with E-state index in [1.807, 2.05) is 31.2 Å². The van der Waals surface area contributed by atoms with E-state index in [0.717, 1.165) is 31.2 Å². The van der Waals surface area contributed by atoms with Gasteiger partial charge >= 0.3 is 0 Å². The number of aryl methyl sites for hydroxylation is 1. The lowest BCUT2D eigenvalue weighted by molar-refractivity contribution is -0.139. The van der Waals surface area contributed by atoms with Crippen molar-refractivity contribution in [3.05, 3.63) is 35.4 Å². The maximum absolute atomic E-state index is 12.7. The normalized spacial score (nSPS) is 23.3. The number of piperidine rings is 2. The Bertz CT molecular complexity index is 689. The molecule has 2 atom stereocenters. The SMILES string of the molecule is CCc1ccccc1C(=O)N[C@@H]1CCCN(C(=O)[C@H]2CCCC(=O)N2)C1. The van der Waals surface area contributed by atoms with Gasteiger partial charge in [-0.3, -0.25) is 14.4 Å². The molecule has 0 bridgehead atoms. The van der Waals surface area contributed by atoms with E-state index >= 15 is 0 Å². The molecular weight excluding hydrogens is 330 g/mol. The molecule has 26 heavy (non-hydrogen) atoms. The van der Waals surface area contributed by atoms with Crippen molar-refractivity contribution in [2.24, 2.45) is 0 Å². The first kappa shape index (κ1) is 18.4. The summed E-state index contributed by atoms with van der Waals surface area (Å²) in [4.78, 5) is 38.7. The zero-order valence-corrected chi connectivity index (χ0v) is 15.3. The summed E-state index contributed by atoms with van der Waals surface area (Å²) in [6, 6.07) is 7.16. The number of nitrogens with one attached hydrogen (secondary N) is 2. The second kappa shape index (κ2) is 8.34. The summed E-state index contributed by atoms with van der Waals surface area (Å²) in [7, 11) is 0. The van der Waals surface area contributed by atoms with Crippen molar-refractivity contribution in [1.82, 2.24) is 15.5 Å². The number of rotatable bonds is 4. The molecule has 2 aliphatic rings. The monoisotopic (exact) mass is 357 g/mol. The number of hydrogen-bond donors (Lipinski definition) is 2. The van der Waals surface area contributed by atoms with Crippen LogP contribution >= 0.6 is 0 Å². The molecule has 1 aromatic carbocycles. The molecule has 3 rings (SSSR count). The van der Waals surface area contributed by atoms with E-state index in [-0.39, 0.29) is 23.8 Å². The average molecular weight is 357 g/mol. The lowest BCUT2D eigenvalue weighted by Gasteiger charge is -2.36. The Kier molecular flexibility index (Phi) is 5.91.